The minimum absolute atomic E-state index is 0.0419. The van der Waals surface area contributed by atoms with Crippen LogP contribution in [-0.4, -0.2) is 19.3 Å². The number of hydrogen-bond donors (Lipinski definition) is 2. The molecule has 0 heterocycles. The maximum Gasteiger partial charge on any atom is 0.322 e. The zero-order valence-corrected chi connectivity index (χ0v) is 16.9. The second-order valence-corrected chi connectivity index (χ2v) is 8.34. The van der Waals surface area contributed by atoms with Crippen molar-refractivity contribution in [1.29, 1.82) is 0 Å². The van der Waals surface area contributed by atoms with Gasteiger partial charge in [0.15, 0.2) is 0 Å². The first-order chi connectivity index (χ1) is 13.8. The lowest BCUT2D eigenvalue weighted by Crippen LogP contribution is -2.34. The third-order valence-corrected chi connectivity index (χ3v) is 5.44. The van der Waals surface area contributed by atoms with Gasteiger partial charge in [-0.1, -0.05) is 60.7 Å². The molecule has 0 bridgehead atoms. The number of aryl methyl sites for hydroxylation is 1. The van der Waals surface area contributed by atoms with E-state index < -0.39 is 10.0 Å². The monoisotopic (exact) mass is 409 g/mol. The van der Waals surface area contributed by atoms with E-state index >= 15 is 0 Å². The number of para-hydroxylation sites is 1. The van der Waals surface area contributed by atoms with Gasteiger partial charge in [-0.3, -0.25) is 0 Å². The van der Waals surface area contributed by atoms with E-state index in [1.54, 1.807) is 17.0 Å². The van der Waals surface area contributed by atoms with Gasteiger partial charge in [0, 0.05) is 18.8 Å². The number of anilines is 1. The molecule has 0 aliphatic heterocycles. The predicted octanol–water partition coefficient (Wildman–Crippen LogP) is 3.88. The number of rotatable bonds is 6. The number of nitrogens with one attached hydrogen (secondary N) is 1. The van der Waals surface area contributed by atoms with Crippen molar-refractivity contribution in [2.75, 3.05) is 5.32 Å². The summed E-state index contributed by atoms with van der Waals surface area (Å²) in [5.74, 6) is 0. The van der Waals surface area contributed by atoms with Crippen LogP contribution in [0.5, 0.6) is 0 Å². The zero-order valence-electron chi connectivity index (χ0n) is 16.1. The zero-order chi connectivity index (χ0) is 20.9. The van der Waals surface area contributed by atoms with Crippen LogP contribution in [0.15, 0.2) is 83.8 Å². The predicted molar refractivity (Wildman–Crippen MR) is 114 cm³/mol. The smallest absolute Gasteiger partial charge is 0.316 e. The number of hydrogen-bond acceptors (Lipinski definition) is 3. The van der Waals surface area contributed by atoms with Gasteiger partial charge in [-0.15, -0.1) is 0 Å². The van der Waals surface area contributed by atoms with Gasteiger partial charge < -0.3 is 10.2 Å². The fourth-order valence-corrected chi connectivity index (χ4v) is 3.43. The Morgan fingerprint density at radius 3 is 2.00 bits per heavy atom. The normalized spacial score (nSPS) is 11.1. The lowest BCUT2D eigenvalue weighted by molar-refractivity contribution is 0.206. The number of carbonyl (C=O) groups excluding carboxylic acids is 1. The fourth-order valence-electron chi connectivity index (χ4n) is 2.92. The molecule has 6 nitrogen and oxygen atoms in total. The van der Waals surface area contributed by atoms with Crippen molar-refractivity contribution < 1.29 is 13.2 Å². The van der Waals surface area contributed by atoms with Crippen LogP contribution in [-0.2, 0) is 23.1 Å². The first-order valence-corrected chi connectivity index (χ1v) is 10.6. The molecule has 150 valence electrons. The van der Waals surface area contributed by atoms with Crippen molar-refractivity contribution in [3.05, 3.63) is 95.6 Å². The highest BCUT2D eigenvalue weighted by molar-refractivity contribution is 7.89. The SMILES string of the molecule is Cc1ccccc1NC(=O)N(Cc1ccccc1)Cc1ccc(S(N)(=O)=O)cc1. The molecule has 0 saturated heterocycles. The Bertz CT molecular complexity index is 1080. The van der Waals surface area contributed by atoms with E-state index in [0.29, 0.717) is 13.1 Å². The van der Waals surface area contributed by atoms with Gasteiger partial charge in [-0.05, 0) is 41.8 Å². The highest BCUT2D eigenvalue weighted by atomic mass is 32.2. The molecule has 0 aliphatic carbocycles. The van der Waals surface area contributed by atoms with Crippen molar-refractivity contribution in [2.24, 2.45) is 5.14 Å². The lowest BCUT2D eigenvalue weighted by atomic mass is 10.1. The summed E-state index contributed by atoms with van der Waals surface area (Å²) in [5.41, 5.74) is 3.51. The minimum Gasteiger partial charge on any atom is -0.316 e. The summed E-state index contributed by atoms with van der Waals surface area (Å²) < 4.78 is 22.9. The Balaban J connectivity index is 1.82. The van der Waals surface area contributed by atoms with Crippen LogP contribution >= 0.6 is 0 Å². The topological polar surface area (TPSA) is 92.5 Å². The number of nitrogens with zero attached hydrogens (tertiary/aromatic N) is 1. The van der Waals surface area contributed by atoms with Crippen LogP contribution in [0, 0.1) is 6.92 Å². The van der Waals surface area contributed by atoms with Crippen LogP contribution in [0.4, 0.5) is 10.5 Å². The van der Waals surface area contributed by atoms with E-state index in [1.165, 1.54) is 12.1 Å². The number of sulfonamides is 1. The third kappa shape index (κ3) is 5.66. The van der Waals surface area contributed by atoms with Gasteiger partial charge >= 0.3 is 6.03 Å². The van der Waals surface area contributed by atoms with E-state index in [-0.39, 0.29) is 10.9 Å². The lowest BCUT2D eigenvalue weighted by Gasteiger charge is -2.24. The van der Waals surface area contributed by atoms with Crippen molar-refractivity contribution >= 4 is 21.7 Å². The van der Waals surface area contributed by atoms with E-state index in [1.807, 2.05) is 61.5 Å². The van der Waals surface area contributed by atoms with Crippen LogP contribution in [0.2, 0.25) is 0 Å². The summed E-state index contributed by atoms with van der Waals surface area (Å²) >= 11 is 0. The van der Waals surface area contributed by atoms with Crippen LogP contribution in [0.1, 0.15) is 16.7 Å². The average molecular weight is 410 g/mol. The fraction of sp³-hybridized carbons (Fsp3) is 0.136. The van der Waals surface area contributed by atoms with Gasteiger partial charge in [0.2, 0.25) is 10.0 Å². The number of carbonyl (C=O) groups is 1. The highest BCUT2D eigenvalue weighted by Gasteiger charge is 2.16. The molecule has 0 aromatic heterocycles. The Labute approximate surface area is 171 Å². The average Bonchev–Trinajstić information content (AvgIpc) is 2.70. The third-order valence-electron chi connectivity index (χ3n) is 4.52. The molecule has 29 heavy (non-hydrogen) atoms. The van der Waals surface area contributed by atoms with Gasteiger partial charge in [-0.2, -0.15) is 0 Å². The number of urea groups is 1. The molecule has 0 aliphatic rings. The van der Waals surface area contributed by atoms with E-state index in [9.17, 15) is 13.2 Å². The maximum atomic E-state index is 13.0. The minimum atomic E-state index is -3.75. The number of benzene rings is 3. The Hall–Kier alpha value is -3.16. The molecule has 7 heteroatoms. The molecule has 0 fully saturated rings. The van der Waals surface area contributed by atoms with Crippen LogP contribution in [0.3, 0.4) is 0 Å². The van der Waals surface area contributed by atoms with Crippen molar-refractivity contribution in [3.8, 4) is 0 Å². The summed E-state index contributed by atoms with van der Waals surface area (Å²) in [7, 11) is -3.75. The Morgan fingerprint density at radius 1 is 0.862 bits per heavy atom. The summed E-state index contributed by atoms with van der Waals surface area (Å²) in [4.78, 5) is 14.7. The second kappa shape index (κ2) is 8.89. The number of primary sulfonamides is 1. The molecule has 3 N–H and O–H groups in total. The molecule has 2 amide bonds. The first-order valence-electron chi connectivity index (χ1n) is 9.10. The summed E-state index contributed by atoms with van der Waals surface area (Å²) in [6, 6.07) is 23.3. The standard InChI is InChI=1S/C22H23N3O3S/c1-17-7-5-6-10-21(17)24-22(26)25(15-18-8-3-2-4-9-18)16-19-11-13-20(14-12-19)29(23,27)28/h2-14H,15-16H2,1H3,(H,24,26)(H2,23,27,28). The summed E-state index contributed by atoms with van der Waals surface area (Å²) in [5, 5.41) is 8.11. The molecule has 3 rings (SSSR count). The van der Waals surface area contributed by atoms with E-state index in [4.69, 9.17) is 5.14 Å². The molecule has 0 unspecified atom stereocenters. The number of nitrogens with two attached hydrogens (primary N) is 1. The van der Waals surface area contributed by atoms with Gasteiger partial charge in [-0.25, -0.2) is 18.4 Å². The quantitative estimate of drug-likeness (QED) is 0.647. The molecular weight excluding hydrogens is 386 g/mol. The van der Waals surface area contributed by atoms with E-state index in [0.717, 1.165) is 22.4 Å². The number of amides is 2. The summed E-state index contributed by atoms with van der Waals surface area (Å²) in [6.45, 7) is 2.66. The maximum absolute atomic E-state index is 13.0. The molecular formula is C22H23N3O3S. The molecule has 0 radical (unpaired) electrons. The Kier molecular flexibility index (Phi) is 6.31. The van der Waals surface area contributed by atoms with Gasteiger partial charge in [0.05, 0.1) is 4.90 Å². The molecule has 0 saturated carbocycles. The highest BCUT2D eigenvalue weighted by Crippen LogP contribution is 2.17. The molecule has 0 spiro atoms. The van der Waals surface area contributed by atoms with Crippen LogP contribution in [0.25, 0.3) is 0 Å². The van der Waals surface area contributed by atoms with Crippen molar-refractivity contribution in [2.45, 2.75) is 24.9 Å². The molecule has 3 aromatic rings. The largest absolute Gasteiger partial charge is 0.322 e. The summed E-state index contributed by atoms with van der Waals surface area (Å²) in [6.07, 6.45) is 0. The van der Waals surface area contributed by atoms with Crippen LogP contribution < -0.4 is 10.5 Å². The van der Waals surface area contributed by atoms with Crippen molar-refractivity contribution in [1.82, 2.24) is 4.90 Å². The van der Waals surface area contributed by atoms with Gasteiger partial charge in [0.1, 0.15) is 0 Å². The first kappa shape index (κ1) is 20.6. The Morgan fingerprint density at radius 2 is 1.41 bits per heavy atom. The molecule has 0 atom stereocenters. The van der Waals surface area contributed by atoms with Gasteiger partial charge in [0.25, 0.3) is 0 Å². The van der Waals surface area contributed by atoms with Crippen molar-refractivity contribution in [3.63, 3.8) is 0 Å². The second-order valence-electron chi connectivity index (χ2n) is 6.78. The molecule has 3 aromatic carbocycles. The van der Waals surface area contributed by atoms with E-state index in [2.05, 4.69) is 5.32 Å².